The smallest absolute Gasteiger partial charge is 0.353 e. The highest BCUT2D eigenvalue weighted by atomic mass is 35.5. The zero-order valence-electron chi connectivity index (χ0n) is 10.5. The summed E-state index contributed by atoms with van der Waals surface area (Å²) in [5.41, 5.74) is -4.85. The summed E-state index contributed by atoms with van der Waals surface area (Å²) < 4.78 is 65.3. The molecule has 0 spiro atoms. The molecule has 0 atom stereocenters. The van der Waals surface area contributed by atoms with Gasteiger partial charge in [0.1, 0.15) is 11.0 Å². The number of aromatic nitrogens is 2. The number of alkyl halides is 3. The van der Waals surface area contributed by atoms with Gasteiger partial charge in [0.15, 0.2) is 0 Å². The first kappa shape index (κ1) is 14.9. The molecule has 0 unspecified atom stereocenters. The minimum absolute atomic E-state index is 0.0718. The Hall–Kier alpha value is -2.00. The normalized spacial score (nSPS) is 12.9. The molecule has 10 heteroatoms. The zero-order valence-corrected chi connectivity index (χ0v) is 12.1. The van der Waals surface area contributed by atoms with E-state index in [1.54, 1.807) is 12.1 Å². The van der Waals surface area contributed by atoms with Crippen molar-refractivity contribution in [2.45, 2.75) is 5.51 Å². The van der Waals surface area contributed by atoms with E-state index in [0.717, 1.165) is 0 Å². The van der Waals surface area contributed by atoms with Crippen LogP contribution in [0, 0.1) is 0 Å². The van der Waals surface area contributed by atoms with E-state index in [1.165, 1.54) is 28.8 Å². The van der Waals surface area contributed by atoms with Gasteiger partial charge < -0.3 is 8.58 Å². The number of para-hydroxylation sites is 1. The fourth-order valence-corrected chi connectivity index (χ4v) is 2.58. The molecule has 0 aliphatic heterocycles. The molecular formula is C12H6ClF3N2O3S. The zero-order chi connectivity index (χ0) is 16.1. The first-order chi connectivity index (χ1) is 10.2. The van der Waals surface area contributed by atoms with Crippen LogP contribution >= 0.6 is 11.6 Å². The van der Waals surface area contributed by atoms with Crippen molar-refractivity contribution in [3.05, 3.63) is 41.6 Å². The fourth-order valence-electron chi connectivity index (χ4n) is 1.95. The number of halogens is 4. The molecule has 0 radical (unpaired) electrons. The molecule has 0 aliphatic carbocycles. The maximum Gasteiger partial charge on any atom is 0.534 e. The minimum Gasteiger partial charge on any atom is -0.353 e. The van der Waals surface area contributed by atoms with Crippen molar-refractivity contribution in [3.8, 4) is 5.88 Å². The van der Waals surface area contributed by atoms with Gasteiger partial charge in [-0.3, -0.25) is 0 Å². The third-order valence-corrected chi connectivity index (χ3v) is 4.13. The molecule has 2 heterocycles. The van der Waals surface area contributed by atoms with E-state index in [0.29, 0.717) is 5.52 Å². The van der Waals surface area contributed by atoms with Gasteiger partial charge in [0.05, 0.1) is 10.5 Å². The lowest BCUT2D eigenvalue weighted by molar-refractivity contribution is -0.0500. The summed E-state index contributed by atoms with van der Waals surface area (Å²) in [6, 6.07) is 7.66. The average Bonchev–Trinajstić information content (AvgIpc) is 2.88. The molecule has 0 N–H and O–H groups in total. The monoisotopic (exact) mass is 350 g/mol. The first-order valence-corrected chi connectivity index (χ1v) is 7.55. The van der Waals surface area contributed by atoms with E-state index < -0.39 is 21.5 Å². The Morgan fingerprint density at radius 2 is 1.82 bits per heavy atom. The molecule has 116 valence electrons. The predicted molar refractivity (Wildman–Crippen MR) is 73.3 cm³/mol. The maximum atomic E-state index is 12.5. The number of benzene rings is 1. The summed E-state index contributed by atoms with van der Waals surface area (Å²) in [5.74, 6) is -0.692. The predicted octanol–water partition coefficient (Wildman–Crippen LogP) is 3.37. The second-order valence-corrected chi connectivity index (χ2v) is 6.22. The summed E-state index contributed by atoms with van der Waals surface area (Å²) in [5, 5.41) is 0.155. The van der Waals surface area contributed by atoms with Gasteiger partial charge in [-0.25, -0.2) is 4.98 Å². The number of hydrogen-bond acceptors (Lipinski definition) is 4. The minimum atomic E-state index is -5.82. The van der Waals surface area contributed by atoms with Crippen molar-refractivity contribution in [2.75, 3.05) is 0 Å². The van der Waals surface area contributed by atoms with Crippen LogP contribution in [0.3, 0.4) is 0 Å². The maximum absolute atomic E-state index is 12.5. The standard InChI is InChI=1S/C12H6ClF3N2O3S/c13-7-3-1-4-8-10(7)17-11(9-5-2-6-18(8)9)21-22(19,20)12(14,15)16/h1-6H. The van der Waals surface area contributed by atoms with E-state index in [4.69, 9.17) is 11.6 Å². The second-order valence-electron chi connectivity index (χ2n) is 4.27. The molecule has 0 saturated heterocycles. The summed E-state index contributed by atoms with van der Waals surface area (Å²) in [6.45, 7) is 0. The first-order valence-electron chi connectivity index (χ1n) is 5.77. The molecule has 0 fully saturated rings. The van der Waals surface area contributed by atoms with E-state index in [2.05, 4.69) is 9.17 Å². The highest BCUT2D eigenvalue weighted by Gasteiger charge is 2.49. The highest BCUT2D eigenvalue weighted by Crippen LogP contribution is 2.32. The molecule has 3 rings (SSSR count). The van der Waals surface area contributed by atoms with E-state index in [9.17, 15) is 21.6 Å². The highest BCUT2D eigenvalue weighted by molar-refractivity contribution is 7.88. The topological polar surface area (TPSA) is 60.7 Å². The van der Waals surface area contributed by atoms with E-state index >= 15 is 0 Å². The van der Waals surface area contributed by atoms with Gasteiger partial charge in [-0.15, -0.1) is 0 Å². The molecule has 0 amide bonds. The van der Waals surface area contributed by atoms with Crippen LogP contribution in [0.2, 0.25) is 5.02 Å². The summed E-state index contributed by atoms with van der Waals surface area (Å²) in [6.07, 6.45) is 1.53. The molecule has 0 aliphatic rings. The van der Waals surface area contributed by atoms with Crippen molar-refractivity contribution >= 4 is 38.3 Å². The summed E-state index contributed by atoms with van der Waals surface area (Å²) in [7, 11) is -5.82. The Bertz CT molecular complexity index is 982. The molecule has 3 aromatic rings. The van der Waals surface area contributed by atoms with Crippen LogP contribution in [0.1, 0.15) is 0 Å². The van der Waals surface area contributed by atoms with Crippen molar-refractivity contribution in [1.82, 2.24) is 9.38 Å². The Morgan fingerprint density at radius 3 is 2.50 bits per heavy atom. The third-order valence-electron chi connectivity index (χ3n) is 2.88. The van der Waals surface area contributed by atoms with Crippen LogP contribution < -0.4 is 4.18 Å². The van der Waals surface area contributed by atoms with Crippen LogP contribution in [0.5, 0.6) is 5.88 Å². The van der Waals surface area contributed by atoms with Crippen molar-refractivity contribution in [1.29, 1.82) is 0 Å². The number of rotatable bonds is 2. The lowest BCUT2D eigenvalue weighted by Crippen LogP contribution is -2.28. The van der Waals surface area contributed by atoms with Crippen LogP contribution in [-0.4, -0.2) is 23.3 Å². The third kappa shape index (κ3) is 2.26. The number of hydrogen-bond donors (Lipinski definition) is 0. The van der Waals surface area contributed by atoms with E-state index in [1.807, 2.05) is 0 Å². The van der Waals surface area contributed by atoms with Gasteiger partial charge in [-0.05, 0) is 24.3 Å². The van der Waals surface area contributed by atoms with E-state index in [-0.39, 0.29) is 16.1 Å². The van der Waals surface area contributed by atoms with Gasteiger partial charge in [0, 0.05) is 6.20 Å². The number of nitrogens with zero attached hydrogens (tertiary/aromatic N) is 2. The van der Waals surface area contributed by atoms with Crippen molar-refractivity contribution in [3.63, 3.8) is 0 Å². The Morgan fingerprint density at radius 1 is 1.14 bits per heavy atom. The van der Waals surface area contributed by atoms with Gasteiger partial charge in [-0.2, -0.15) is 21.6 Å². The molecule has 1 aromatic carbocycles. The summed E-state index contributed by atoms with van der Waals surface area (Å²) in [4.78, 5) is 3.82. The molecule has 0 bridgehead atoms. The average molecular weight is 351 g/mol. The van der Waals surface area contributed by atoms with Crippen LogP contribution in [0.4, 0.5) is 13.2 Å². The van der Waals surface area contributed by atoms with Crippen molar-refractivity contribution < 1.29 is 25.8 Å². The Kier molecular flexibility index (Phi) is 3.22. The summed E-state index contributed by atoms with van der Waals surface area (Å²) >= 11 is 5.95. The Labute approximate surface area is 127 Å². The largest absolute Gasteiger partial charge is 0.534 e. The molecule has 5 nitrogen and oxygen atoms in total. The Balaban J connectivity index is 2.29. The van der Waals surface area contributed by atoms with Gasteiger partial charge in [0.2, 0.25) is 0 Å². The van der Waals surface area contributed by atoms with Gasteiger partial charge >= 0.3 is 15.6 Å². The van der Waals surface area contributed by atoms with Crippen LogP contribution in [0.25, 0.3) is 16.6 Å². The fraction of sp³-hybridized carbons (Fsp3) is 0.0833. The van der Waals surface area contributed by atoms with Gasteiger partial charge in [0.25, 0.3) is 5.88 Å². The number of fused-ring (bicyclic) bond motifs is 3. The molecule has 2 aromatic heterocycles. The quantitative estimate of drug-likeness (QED) is 0.525. The second kappa shape index (κ2) is 4.75. The SMILES string of the molecule is O=S(=O)(Oc1nc2c(Cl)cccc2n2cccc12)C(F)(F)F. The molecule has 0 saturated carbocycles. The lowest BCUT2D eigenvalue weighted by atomic mass is 10.3. The van der Waals surface area contributed by atoms with Crippen molar-refractivity contribution in [2.24, 2.45) is 0 Å². The molecular weight excluding hydrogens is 345 g/mol. The lowest BCUT2D eigenvalue weighted by Gasteiger charge is -2.12. The van der Waals surface area contributed by atoms with Crippen LogP contribution in [0.15, 0.2) is 36.5 Å². The van der Waals surface area contributed by atoms with Gasteiger partial charge in [-0.1, -0.05) is 17.7 Å². The van der Waals surface area contributed by atoms with Crippen LogP contribution in [-0.2, 0) is 10.1 Å². The molecule has 22 heavy (non-hydrogen) atoms.